The summed E-state index contributed by atoms with van der Waals surface area (Å²) in [5.74, 6) is 1.80. The second-order valence-electron chi connectivity index (χ2n) is 8.72. The maximum Gasteiger partial charge on any atom is 0.251 e. The Balaban J connectivity index is 1.35. The van der Waals surface area contributed by atoms with E-state index < -0.39 is 0 Å². The Kier molecular flexibility index (Phi) is 8.03. The van der Waals surface area contributed by atoms with Crippen LogP contribution in [-0.2, 0) is 16.9 Å². The van der Waals surface area contributed by atoms with Crippen molar-refractivity contribution in [3.05, 3.63) is 47.2 Å². The number of nitrogens with one attached hydrogen (secondary N) is 1. The van der Waals surface area contributed by atoms with Crippen molar-refractivity contribution in [1.82, 2.24) is 15.3 Å². The van der Waals surface area contributed by atoms with Crippen molar-refractivity contribution >= 4 is 23.5 Å². The number of carbonyl (C=O) groups is 1. The molecule has 2 saturated heterocycles. The van der Waals surface area contributed by atoms with Crippen LogP contribution in [0.25, 0.3) is 0 Å². The maximum absolute atomic E-state index is 12.4. The fourth-order valence-corrected chi connectivity index (χ4v) is 5.13. The zero-order valence-corrected chi connectivity index (χ0v) is 20.0. The molecule has 2 aromatic rings. The summed E-state index contributed by atoms with van der Waals surface area (Å²) >= 11 is 1.66. The van der Waals surface area contributed by atoms with Gasteiger partial charge in [-0.2, -0.15) is 0 Å². The summed E-state index contributed by atoms with van der Waals surface area (Å²) in [5, 5.41) is 3.81. The zero-order valence-electron chi connectivity index (χ0n) is 19.2. The lowest BCUT2D eigenvalue weighted by Gasteiger charge is -2.34. The predicted octanol–water partition coefficient (Wildman–Crippen LogP) is 4.62. The minimum absolute atomic E-state index is 0.0426. The molecule has 172 valence electrons. The fourth-order valence-electron chi connectivity index (χ4n) is 4.30. The van der Waals surface area contributed by atoms with Gasteiger partial charge in [-0.15, -0.1) is 0 Å². The lowest BCUT2D eigenvalue weighted by atomic mass is 10.0. The van der Waals surface area contributed by atoms with Crippen molar-refractivity contribution < 1.29 is 9.53 Å². The Bertz CT molecular complexity index is 899. The molecule has 0 unspecified atom stereocenters. The summed E-state index contributed by atoms with van der Waals surface area (Å²) in [7, 11) is 0. The van der Waals surface area contributed by atoms with Gasteiger partial charge in [0.2, 0.25) is 0 Å². The standard InChI is InChI=1S/C25H34N4O2S/c1-3-21-15-23(29-13-5-4-7-18(29)2)28-25(27-21)32-17-19-9-11-20(12-10-19)24(30)26-16-22-8-6-14-31-22/h9-12,15,18,22H,3-8,13-14,16-17H2,1-2H3,(H,26,30)/t18-,22-/m1/s1. The van der Waals surface area contributed by atoms with Gasteiger partial charge in [-0.25, -0.2) is 9.97 Å². The van der Waals surface area contributed by atoms with E-state index in [-0.39, 0.29) is 12.0 Å². The number of carbonyl (C=O) groups excluding carboxylic acids is 1. The molecule has 0 spiro atoms. The molecule has 2 aliphatic rings. The maximum atomic E-state index is 12.4. The number of nitrogens with zero attached hydrogens (tertiary/aromatic N) is 3. The molecule has 4 rings (SSSR count). The average Bonchev–Trinajstić information content (AvgIpc) is 3.35. The molecule has 2 atom stereocenters. The van der Waals surface area contributed by atoms with Crippen molar-refractivity contribution in [2.24, 2.45) is 0 Å². The van der Waals surface area contributed by atoms with E-state index in [1.165, 1.54) is 19.3 Å². The Morgan fingerprint density at radius 1 is 1.19 bits per heavy atom. The first kappa shape index (κ1) is 23.1. The van der Waals surface area contributed by atoms with Gasteiger partial charge in [0.1, 0.15) is 5.82 Å². The highest BCUT2D eigenvalue weighted by Crippen LogP contribution is 2.27. The first-order chi connectivity index (χ1) is 15.6. The van der Waals surface area contributed by atoms with E-state index in [0.717, 1.165) is 60.4 Å². The first-order valence-corrected chi connectivity index (χ1v) is 12.9. The molecule has 32 heavy (non-hydrogen) atoms. The topological polar surface area (TPSA) is 67.4 Å². The molecular weight excluding hydrogens is 420 g/mol. The highest BCUT2D eigenvalue weighted by molar-refractivity contribution is 7.98. The molecule has 7 heteroatoms. The van der Waals surface area contributed by atoms with Gasteiger partial charge in [-0.1, -0.05) is 30.8 Å². The molecule has 0 radical (unpaired) electrons. The van der Waals surface area contributed by atoms with E-state index in [4.69, 9.17) is 14.7 Å². The van der Waals surface area contributed by atoms with Crippen LogP contribution in [0.2, 0.25) is 0 Å². The third kappa shape index (κ3) is 6.01. The van der Waals surface area contributed by atoms with E-state index in [9.17, 15) is 4.79 Å². The molecule has 0 bridgehead atoms. The first-order valence-electron chi connectivity index (χ1n) is 11.9. The van der Waals surface area contributed by atoms with Crippen LogP contribution in [0.1, 0.15) is 67.6 Å². The number of thioether (sulfide) groups is 1. The predicted molar refractivity (Wildman–Crippen MR) is 129 cm³/mol. The highest BCUT2D eigenvalue weighted by Gasteiger charge is 2.21. The van der Waals surface area contributed by atoms with Crippen molar-refractivity contribution in [3.63, 3.8) is 0 Å². The normalized spacial score (nSPS) is 21.0. The Labute approximate surface area is 195 Å². The van der Waals surface area contributed by atoms with Crippen LogP contribution in [0.5, 0.6) is 0 Å². The zero-order chi connectivity index (χ0) is 22.3. The Morgan fingerprint density at radius 3 is 2.75 bits per heavy atom. The molecule has 1 aromatic carbocycles. The molecule has 0 saturated carbocycles. The second-order valence-corrected chi connectivity index (χ2v) is 9.66. The van der Waals surface area contributed by atoms with Crippen LogP contribution < -0.4 is 10.2 Å². The van der Waals surface area contributed by atoms with E-state index in [1.807, 2.05) is 24.3 Å². The summed E-state index contributed by atoms with van der Waals surface area (Å²) in [6.45, 7) is 6.89. The van der Waals surface area contributed by atoms with E-state index >= 15 is 0 Å². The van der Waals surface area contributed by atoms with Crippen molar-refractivity contribution in [3.8, 4) is 0 Å². The molecule has 6 nitrogen and oxygen atoms in total. The third-order valence-electron chi connectivity index (χ3n) is 6.30. The number of piperidine rings is 1. The monoisotopic (exact) mass is 454 g/mol. The quantitative estimate of drug-likeness (QED) is 0.464. The van der Waals surface area contributed by atoms with E-state index in [2.05, 4.69) is 30.1 Å². The number of aromatic nitrogens is 2. The van der Waals surface area contributed by atoms with Gasteiger partial charge >= 0.3 is 0 Å². The number of hydrogen-bond donors (Lipinski definition) is 1. The lowest BCUT2D eigenvalue weighted by Crippen LogP contribution is -2.38. The van der Waals surface area contributed by atoms with Gasteiger partial charge in [0.05, 0.1) is 6.10 Å². The molecule has 1 amide bonds. The number of rotatable bonds is 8. The van der Waals surface area contributed by atoms with Crippen LogP contribution in [0.4, 0.5) is 5.82 Å². The van der Waals surface area contributed by atoms with Crippen LogP contribution in [0.15, 0.2) is 35.5 Å². The number of amides is 1. The SMILES string of the molecule is CCc1cc(N2CCCC[C@H]2C)nc(SCc2ccc(C(=O)NC[C@H]3CCCO3)cc2)n1. The van der Waals surface area contributed by atoms with Gasteiger partial charge in [0.25, 0.3) is 5.91 Å². The number of benzene rings is 1. The average molecular weight is 455 g/mol. The molecule has 1 N–H and O–H groups in total. The van der Waals surface area contributed by atoms with Gasteiger partial charge in [-0.3, -0.25) is 4.79 Å². The van der Waals surface area contributed by atoms with Crippen LogP contribution in [0, 0.1) is 0 Å². The van der Waals surface area contributed by atoms with Gasteiger partial charge in [0.15, 0.2) is 5.16 Å². The number of ether oxygens (including phenoxy) is 1. The summed E-state index contributed by atoms with van der Waals surface area (Å²) in [4.78, 5) is 24.4. The molecule has 1 aromatic heterocycles. The van der Waals surface area contributed by atoms with Crippen LogP contribution >= 0.6 is 11.8 Å². The third-order valence-corrected chi connectivity index (χ3v) is 7.22. The molecular formula is C25H34N4O2S. The van der Waals surface area contributed by atoms with Crippen molar-refractivity contribution in [2.75, 3.05) is 24.6 Å². The second kappa shape index (κ2) is 11.1. The number of hydrogen-bond acceptors (Lipinski definition) is 6. The van der Waals surface area contributed by atoms with Crippen LogP contribution in [-0.4, -0.2) is 47.7 Å². The number of anilines is 1. The molecule has 3 heterocycles. The Morgan fingerprint density at radius 2 is 2.03 bits per heavy atom. The molecule has 2 aliphatic heterocycles. The smallest absolute Gasteiger partial charge is 0.251 e. The van der Waals surface area contributed by atoms with Gasteiger partial charge < -0.3 is 15.0 Å². The lowest BCUT2D eigenvalue weighted by molar-refractivity contribution is 0.0858. The van der Waals surface area contributed by atoms with E-state index in [0.29, 0.717) is 18.2 Å². The summed E-state index contributed by atoms with van der Waals surface area (Å²) < 4.78 is 5.57. The summed E-state index contributed by atoms with van der Waals surface area (Å²) in [6, 6.07) is 10.5. The minimum Gasteiger partial charge on any atom is -0.376 e. The number of aryl methyl sites for hydroxylation is 1. The summed E-state index contributed by atoms with van der Waals surface area (Å²) in [5.41, 5.74) is 2.93. The van der Waals surface area contributed by atoms with Crippen LogP contribution in [0.3, 0.4) is 0 Å². The minimum atomic E-state index is -0.0426. The fraction of sp³-hybridized carbons (Fsp3) is 0.560. The van der Waals surface area contributed by atoms with Gasteiger partial charge in [-0.05, 0) is 63.1 Å². The highest BCUT2D eigenvalue weighted by atomic mass is 32.2. The molecule has 0 aliphatic carbocycles. The summed E-state index contributed by atoms with van der Waals surface area (Å²) in [6.07, 6.45) is 6.92. The van der Waals surface area contributed by atoms with Crippen molar-refractivity contribution in [2.45, 2.75) is 75.4 Å². The Hall–Kier alpha value is -2.12. The van der Waals surface area contributed by atoms with Gasteiger partial charge in [0, 0.05) is 48.8 Å². The van der Waals surface area contributed by atoms with Crippen molar-refractivity contribution in [1.29, 1.82) is 0 Å². The largest absolute Gasteiger partial charge is 0.376 e. The van der Waals surface area contributed by atoms with E-state index in [1.54, 1.807) is 11.8 Å². The molecule has 2 fully saturated rings.